The van der Waals surface area contributed by atoms with Crippen LogP contribution in [0.2, 0.25) is 0 Å². The molecule has 1 N–H and O–H groups in total. The quantitative estimate of drug-likeness (QED) is 0.849. The number of aryl methyl sites for hydroxylation is 1. The third-order valence-corrected chi connectivity index (χ3v) is 2.99. The predicted octanol–water partition coefficient (Wildman–Crippen LogP) is 3.45. The first-order valence-corrected chi connectivity index (χ1v) is 7.08. The van der Waals surface area contributed by atoms with Crippen molar-refractivity contribution >= 4 is 0 Å². The number of aromatic nitrogens is 1. The fourth-order valence-electron chi connectivity index (χ4n) is 1.87. The van der Waals surface area contributed by atoms with Crippen molar-refractivity contribution in [3.05, 3.63) is 47.1 Å². The highest BCUT2D eigenvalue weighted by Crippen LogP contribution is 2.20. The number of hydrogen-bond acceptors (Lipinski definition) is 4. The number of halogens is 1. The van der Waals surface area contributed by atoms with Crippen LogP contribution in [-0.4, -0.2) is 11.7 Å². The first-order chi connectivity index (χ1) is 10.0. The molecule has 0 spiro atoms. The monoisotopic (exact) mass is 292 g/mol. The molecule has 0 unspecified atom stereocenters. The summed E-state index contributed by atoms with van der Waals surface area (Å²) >= 11 is 0. The van der Waals surface area contributed by atoms with Crippen LogP contribution in [-0.2, 0) is 13.2 Å². The highest BCUT2D eigenvalue weighted by atomic mass is 19.1. The van der Waals surface area contributed by atoms with Gasteiger partial charge in [-0.1, -0.05) is 25.1 Å². The van der Waals surface area contributed by atoms with Gasteiger partial charge in [-0.25, -0.2) is 4.39 Å². The van der Waals surface area contributed by atoms with Crippen molar-refractivity contribution in [2.45, 2.75) is 33.9 Å². The predicted molar refractivity (Wildman–Crippen MR) is 78.5 cm³/mol. The van der Waals surface area contributed by atoms with Crippen LogP contribution in [0.15, 0.2) is 28.8 Å². The SMILES string of the molecule is Cc1ccc(F)cc1OCc1cc(CNCC(C)C)no1. The molecule has 1 heterocycles. The van der Waals surface area contributed by atoms with Crippen molar-refractivity contribution in [1.82, 2.24) is 10.5 Å². The summed E-state index contributed by atoms with van der Waals surface area (Å²) in [5, 5.41) is 7.27. The Morgan fingerprint density at radius 1 is 1.33 bits per heavy atom. The summed E-state index contributed by atoms with van der Waals surface area (Å²) in [5.41, 5.74) is 1.72. The fraction of sp³-hybridized carbons (Fsp3) is 0.438. The summed E-state index contributed by atoms with van der Waals surface area (Å²) in [5.74, 6) is 1.42. The lowest BCUT2D eigenvalue weighted by atomic mass is 10.2. The summed E-state index contributed by atoms with van der Waals surface area (Å²) in [6, 6.07) is 6.32. The molecular formula is C16H21FN2O2. The summed E-state index contributed by atoms with van der Waals surface area (Å²) in [6.45, 7) is 8.01. The molecule has 0 saturated heterocycles. The molecule has 0 radical (unpaired) electrons. The van der Waals surface area contributed by atoms with E-state index in [9.17, 15) is 4.39 Å². The maximum atomic E-state index is 13.2. The van der Waals surface area contributed by atoms with Gasteiger partial charge < -0.3 is 14.6 Å². The lowest BCUT2D eigenvalue weighted by molar-refractivity contribution is 0.246. The summed E-state index contributed by atoms with van der Waals surface area (Å²) in [4.78, 5) is 0. The van der Waals surface area contributed by atoms with Gasteiger partial charge in [0.2, 0.25) is 0 Å². The second kappa shape index (κ2) is 7.22. The van der Waals surface area contributed by atoms with E-state index in [1.165, 1.54) is 12.1 Å². The third kappa shape index (κ3) is 4.86. The van der Waals surface area contributed by atoms with E-state index in [2.05, 4.69) is 24.3 Å². The van der Waals surface area contributed by atoms with Crippen LogP contribution in [0.5, 0.6) is 5.75 Å². The van der Waals surface area contributed by atoms with Crippen LogP contribution in [0.1, 0.15) is 30.9 Å². The van der Waals surface area contributed by atoms with Gasteiger partial charge in [-0.2, -0.15) is 0 Å². The smallest absolute Gasteiger partial charge is 0.174 e. The largest absolute Gasteiger partial charge is 0.485 e. The average Bonchev–Trinajstić information content (AvgIpc) is 2.87. The van der Waals surface area contributed by atoms with E-state index in [1.807, 2.05) is 13.0 Å². The lowest BCUT2D eigenvalue weighted by Crippen LogP contribution is -2.19. The highest BCUT2D eigenvalue weighted by Gasteiger charge is 2.07. The normalized spacial score (nSPS) is 11.1. The van der Waals surface area contributed by atoms with Crippen LogP contribution < -0.4 is 10.1 Å². The Morgan fingerprint density at radius 3 is 2.90 bits per heavy atom. The van der Waals surface area contributed by atoms with Crippen molar-refractivity contribution in [1.29, 1.82) is 0 Å². The lowest BCUT2D eigenvalue weighted by Gasteiger charge is -2.06. The van der Waals surface area contributed by atoms with Gasteiger partial charge in [-0.3, -0.25) is 0 Å². The van der Waals surface area contributed by atoms with Crippen LogP contribution in [0.4, 0.5) is 4.39 Å². The summed E-state index contributed by atoms with van der Waals surface area (Å²) < 4.78 is 23.9. The van der Waals surface area contributed by atoms with E-state index in [0.717, 1.165) is 17.8 Å². The van der Waals surface area contributed by atoms with E-state index in [1.54, 1.807) is 6.07 Å². The zero-order chi connectivity index (χ0) is 15.2. The molecule has 21 heavy (non-hydrogen) atoms. The van der Waals surface area contributed by atoms with E-state index < -0.39 is 0 Å². The van der Waals surface area contributed by atoms with Gasteiger partial charge in [0.25, 0.3) is 0 Å². The van der Waals surface area contributed by atoms with Crippen molar-refractivity contribution in [2.75, 3.05) is 6.54 Å². The molecule has 0 aliphatic rings. The van der Waals surface area contributed by atoms with Crippen LogP contribution in [0, 0.1) is 18.7 Å². The third-order valence-electron chi connectivity index (χ3n) is 2.99. The van der Waals surface area contributed by atoms with E-state index in [0.29, 0.717) is 24.0 Å². The first-order valence-electron chi connectivity index (χ1n) is 7.08. The molecule has 5 heteroatoms. The van der Waals surface area contributed by atoms with Crippen molar-refractivity contribution in [3.63, 3.8) is 0 Å². The Kier molecular flexibility index (Phi) is 5.33. The van der Waals surface area contributed by atoms with Gasteiger partial charge in [0.05, 0.1) is 5.69 Å². The average molecular weight is 292 g/mol. The molecule has 0 fully saturated rings. The zero-order valence-corrected chi connectivity index (χ0v) is 12.6. The van der Waals surface area contributed by atoms with Gasteiger partial charge >= 0.3 is 0 Å². The van der Waals surface area contributed by atoms with Gasteiger partial charge in [-0.05, 0) is 31.0 Å². The molecule has 1 aromatic carbocycles. The second-order valence-electron chi connectivity index (χ2n) is 5.51. The molecule has 4 nitrogen and oxygen atoms in total. The van der Waals surface area contributed by atoms with E-state index in [-0.39, 0.29) is 12.4 Å². The Morgan fingerprint density at radius 2 is 2.14 bits per heavy atom. The topological polar surface area (TPSA) is 47.3 Å². The minimum Gasteiger partial charge on any atom is -0.485 e. The molecule has 0 aliphatic heterocycles. The molecule has 0 saturated carbocycles. The number of ether oxygens (including phenoxy) is 1. The summed E-state index contributed by atoms with van der Waals surface area (Å²) in [6.07, 6.45) is 0. The second-order valence-corrected chi connectivity index (χ2v) is 5.51. The maximum absolute atomic E-state index is 13.2. The van der Waals surface area contributed by atoms with Crippen LogP contribution in [0.25, 0.3) is 0 Å². The Hall–Kier alpha value is -1.88. The minimum atomic E-state index is -0.313. The molecule has 0 aliphatic carbocycles. The number of benzene rings is 1. The van der Waals surface area contributed by atoms with Crippen LogP contribution >= 0.6 is 0 Å². The molecular weight excluding hydrogens is 271 g/mol. The van der Waals surface area contributed by atoms with Gasteiger partial charge in [0.1, 0.15) is 18.2 Å². The number of rotatable bonds is 7. The zero-order valence-electron chi connectivity index (χ0n) is 12.6. The standard InChI is InChI=1S/C16H21FN2O2/c1-11(2)8-18-9-14-7-15(21-19-14)10-20-16-6-13(17)5-4-12(16)3/h4-7,11,18H,8-10H2,1-3H3. The molecule has 0 amide bonds. The molecule has 2 aromatic rings. The molecule has 114 valence electrons. The molecule has 0 bridgehead atoms. The Bertz CT molecular complexity index is 581. The van der Waals surface area contributed by atoms with Gasteiger partial charge in [-0.15, -0.1) is 0 Å². The molecule has 0 atom stereocenters. The van der Waals surface area contributed by atoms with Crippen molar-refractivity contribution < 1.29 is 13.7 Å². The molecule has 1 aromatic heterocycles. The first kappa shape index (κ1) is 15.5. The Labute approximate surface area is 124 Å². The maximum Gasteiger partial charge on any atom is 0.174 e. The number of nitrogens with one attached hydrogen (secondary N) is 1. The van der Waals surface area contributed by atoms with Gasteiger partial charge in [0.15, 0.2) is 5.76 Å². The highest BCUT2D eigenvalue weighted by molar-refractivity contribution is 5.32. The summed E-state index contributed by atoms with van der Waals surface area (Å²) in [7, 11) is 0. The van der Waals surface area contributed by atoms with E-state index in [4.69, 9.17) is 9.26 Å². The van der Waals surface area contributed by atoms with Gasteiger partial charge in [0, 0.05) is 18.7 Å². The molecule has 2 rings (SSSR count). The van der Waals surface area contributed by atoms with E-state index >= 15 is 0 Å². The van der Waals surface area contributed by atoms with Crippen molar-refractivity contribution in [2.24, 2.45) is 5.92 Å². The number of hydrogen-bond donors (Lipinski definition) is 1. The fourth-order valence-corrected chi connectivity index (χ4v) is 1.87. The minimum absolute atomic E-state index is 0.238. The van der Waals surface area contributed by atoms with Crippen molar-refractivity contribution in [3.8, 4) is 5.75 Å². The van der Waals surface area contributed by atoms with Crippen LogP contribution in [0.3, 0.4) is 0 Å². The Balaban J connectivity index is 1.86. The number of nitrogens with zero attached hydrogens (tertiary/aromatic N) is 1.